The van der Waals surface area contributed by atoms with E-state index in [2.05, 4.69) is 0 Å². The molecule has 0 saturated carbocycles. The summed E-state index contributed by atoms with van der Waals surface area (Å²) in [7, 11) is 0. The van der Waals surface area contributed by atoms with Gasteiger partial charge in [0, 0.05) is 58.3 Å². The van der Waals surface area contributed by atoms with Gasteiger partial charge >= 0.3 is 0 Å². The van der Waals surface area contributed by atoms with Crippen molar-refractivity contribution < 1.29 is 19.1 Å². The van der Waals surface area contributed by atoms with Crippen molar-refractivity contribution in [2.75, 3.05) is 46.0 Å². The van der Waals surface area contributed by atoms with Gasteiger partial charge in [-0.15, -0.1) is 0 Å². The molecule has 0 aromatic rings. The van der Waals surface area contributed by atoms with Crippen LogP contribution in [0.2, 0.25) is 0 Å². The van der Waals surface area contributed by atoms with Crippen molar-refractivity contribution in [1.82, 2.24) is 9.80 Å². The Morgan fingerprint density at radius 3 is 2.30 bits per heavy atom. The minimum Gasteiger partial charge on any atom is -0.381 e. The lowest BCUT2D eigenvalue weighted by Crippen LogP contribution is -2.52. The van der Waals surface area contributed by atoms with E-state index in [4.69, 9.17) is 9.47 Å². The fourth-order valence-electron chi connectivity index (χ4n) is 5.33. The van der Waals surface area contributed by atoms with Crippen LogP contribution >= 0.6 is 0 Å². The quantitative estimate of drug-likeness (QED) is 0.756. The van der Waals surface area contributed by atoms with Crippen LogP contribution in [0.5, 0.6) is 0 Å². The van der Waals surface area contributed by atoms with Crippen molar-refractivity contribution >= 4 is 11.8 Å². The number of nitrogens with zero attached hydrogens (tertiary/aromatic N) is 2. The molecule has 4 saturated heterocycles. The van der Waals surface area contributed by atoms with Gasteiger partial charge in [-0.2, -0.15) is 0 Å². The number of ether oxygens (including phenoxy) is 2. The molecule has 152 valence electrons. The zero-order valence-electron chi connectivity index (χ0n) is 16.5. The highest BCUT2D eigenvalue weighted by Crippen LogP contribution is 2.39. The maximum atomic E-state index is 12.8. The van der Waals surface area contributed by atoms with Gasteiger partial charge in [0.05, 0.1) is 5.60 Å². The second-order valence-electron chi connectivity index (χ2n) is 8.89. The average molecular weight is 379 g/mol. The Bertz CT molecular complexity index is 532. The molecule has 1 spiro atoms. The molecule has 1 unspecified atom stereocenters. The lowest BCUT2D eigenvalue weighted by atomic mass is 9.78. The summed E-state index contributed by atoms with van der Waals surface area (Å²) in [6.45, 7) is 5.65. The summed E-state index contributed by atoms with van der Waals surface area (Å²) >= 11 is 0. The van der Waals surface area contributed by atoms with Gasteiger partial charge in [0.15, 0.2) is 0 Å². The molecule has 2 amide bonds. The number of piperidine rings is 1. The summed E-state index contributed by atoms with van der Waals surface area (Å²) in [5.74, 6) is 1.22. The number of carbonyl (C=O) groups excluding carboxylic acids is 2. The number of hydrogen-bond donors (Lipinski definition) is 0. The monoisotopic (exact) mass is 378 g/mol. The van der Waals surface area contributed by atoms with Crippen molar-refractivity contribution in [3.05, 3.63) is 0 Å². The molecule has 4 aliphatic heterocycles. The predicted molar refractivity (Wildman–Crippen MR) is 101 cm³/mol. The van der Waals surface area contributed by atoms with Crippen molar-refractivity contribution in [3.8, 4) is 0 Å². The van der Waals surface area contributed by atoms with E-state index < -0.39 is 0 Å². The minimum absolute atomic E-state index is 0.110. The van der Waals surface area contributed by atoms with E-state index in [1.54, 1.807) is 0 Å². The lowest BCUT2D eigenvalue weighted by Gasteiger charge is -2.47. The first-order valence-electron chi connectivity index (χ1n) is 10.9. The predicted octanol–water partition coefficient (Wildman–Crippen LogP) is 2.21. The topological polar surface area (TPSA) is 59.1 Å². The molecule has 4 aliphatic rings. The highest BCUT2D eigenvalue weighted by molar-refractivity contribution is 5.79. The molecule has 0 bridgehead atoms. The Kier molecular flexibility index (Phi) is 6.02. The third-order valence-electron chi connectivity index (χ3n) is 7.07. The summed E-state index contributed by atoms with van der Waals surface area (Å²) in [5.41, 5.74) is -0.110. The molecule has 4 heterocycles. The Labute approximate surface area is 162 Å². The van der Waals surface area contributed by atoms with Gasteiger partial charge in [0.2, 0.25) is 11.8 Å². The van der Waals surface area contributed by atoms with Crippen molar-refractivity contribution in [2.45, 2.75) is 63.4 Å². The van der Waals surface area contributed by atoms with Crippen LogP contribution in [0.15, 0.2) is 0 Å². The van der Waals surface area contributed by atoms with Crippen LogP contribution in [0.1, 0.15) is 57.8 Å². The molecule has 0 aromatic heterocycles. The Morgan fingerprint density at radius 2 is 1.59 bits per heavy atom. The normalized spacial score (nSPS) is 29.3. The van der Waals surface area contributed by atoms with Gasteiger partial charge < -0.3 is 19.3 Å². The standard InChI is InChI=1S/C21H34N2O4/c24-19(22-8-1-2-9-22)15-17-3-14-27-21(16-17)6-10-23(11-7-21)20(25)18-4-12-26-13-5-18/h17-18H,1-16H2. The van der Waals surface area contributed by atoms with Crippen molar-refractivity contribution in [1.29, 1.82) is 0 Å². The summed E-state index contributed by atoms with van der Waals surface area (Å²) in [6, 6.07) is 0. The average Bonchev–Trinajstić information content (AvgIpc) is 3.24. The second-order valence-corrected chi connectivity index (χ2v) is 8.89. The number of amides is 2. The van der Waals surface area contributed by atoms with Crippen LogP contribution in [0.3, 0.4) is 0 Å². The first-order valence-corrected chi connectivity index (χ1v) is 10.9. The molecule has 6 heteroatoms. The van der Waals surface area contributed by atoms with E-state index in [0.29, 0.717) is 37.4 Å². The molecule has 4 fully saturated rings. The van der Waals surface area contributed by atoms with Crippen LogP contribution < -0.4 is 0 Å². The van der Waals surface area contributed by atoms with Gasteiger partial charge in [-0.25, -0.2) is 0 Å². The van der Waals surface area contributed by atoms with Gasteiger partial charge in [0.25, 0.3) is 0 Å². The Balaban J connectivity index is 1.28. The van der Waals surface area contributed by atoms with Crippen molar-refractivity contribution in [3.63, 3.8) is 0 Å². The molecule has 0 N–H and O–H groups in total. The smallest absolute Gasteiger partial charge is 0.225 e. The molecule has 0 aliphatic carbocycles. The van der Waals surface area contributed by atoms with E-state index in [1.165, 1.54) is 0 Å². The fourth-order valence-corrected chi connectivity index (χ4v) is 5.33. The third kappa shape index (κ3) is 4.48. The fraction of sp³-hybridized carbons (Fsp3) is 0.905. The van der Waals surface area contributed by atoms with E-state index in [1.807, 2.05) is 9.80 Å². The summed E-state index contributed by atoms with van der Waals surface area (Å²) in [4.78, 5) is 29.4. The highest BCUT2D eigenvalue weighted by Gasteiger charge is 2.42. The molecule has 1 atom stereocenters. The van der Waals surface area contributed by atoms with E-state index in [-0.39, 0.29) is 11.5 Å². The second kappa shape index (κ2) is 8.48. The maximum absolute atomic E-state index is 12.8. The Morgan fingerprint density at radius 1 is 0.889 bits per heavy atom. The summed E-state index contributed by atoms with van der Waals surface area (Å²) in [6.07, 6.45) is 8.50. The molecule has 6 nitrogen and oxygen atoms in total. The van der Waals surface area contributed by atoms with Crippen LogP contribution in [0.4, 0.5) is 0 Å². The van der Waals surface area contributed by atoms with Crippen LogP contribution in [-0.2, 0) is 19.1 Å². The molecular formula is C21H34N2O4. The lowest BCUT2D eigenvalue weighted by molar-refractivity contribution is -0.154. The SMILES string of the molecule is O=C(CC1CCOC2(CCN(C(=O)C3CCOCC3)CC2)C1)N1CCCC1. The zero-order chi connectivity index (χ0) is 18.7. The van der Waals surface area contributed by atoms with E-state index >= 15 is 0 Å². The van der Waals surface area contributed by atoms with Gasteiger partial charge in [0.1, 0.15) is 0 Å². The van der Waals surface area contributed by atoms with Crippen LogP contribution in [0, 0.1) is 11.8 Å². The molecule has 27 heavy (non-hydrogen) atoms. The van der Waals surface area contributed by atoms with E-state index in [0.717, 1.165) is 84.2 Å². The van der Waals surface area contributed by atoms with Gasteiger partial charge in [-0.05, 0) is 57.3 Å². The van der Waals surface area contributed by atoms with Gasteiger partial charge in [-0.1, -0.05) is 0 Å². The third-order valence-corrected chi connectivity index (χ3v) is 7.07. The molecule has 4 rings (SSSR count). The van der Waals surface area contributed by atoms with Gasteiger partial charge in [-0.3, -0.25) is 9.59 Å². The number of hydrogen-bond acceptors (Lipinski definition) is 4. The number of carbonyl (C=O) groups is 2. The number of rotatable bonds is 3. The molecule has 0 aromatic carbocycles. The van der Waals surface area contributed by atoms with Crippen LogP contribution in [-0.4, -0.2) is 73.2 Å². The molecule has 0 radical (unpaired) electrons. The number of likely N-dealkylation sites (tertiary alicyclic amines) is 2. The highest BCUT2D eigenvalue weighted by atomic mass is 16.5. The summed E-state index contributed by atoms with van der Waals surface area (Å²) < 4.78 is 11.6. The first kappa shape index (κ1) is 19.2. The minimum atomic E-state index is -0.110. The first-order chi connectivity index (χ1) is 13.2. The van der Waals surface area contributed by atoms with Crippen molar-refractivity contribution in [2.24, 2.45) is 11.8 Å². The largest absolute Gasteiger partial charge is 0.381 e. The Hall–Kier alpha value is -1.14. The zero-order valence-corrected chi connectivity index (χ0v) is 16.5. The summed E-state index contributed by atoms with van der Waals surface area (Å²) in [5, 5.41) is 0. The van der Waals surface area contributed by atoms with E-state index in [9.17, 15) is 9.59 Å². The maximum Gasteiger partial charge on any atom is 0.225 e. The van der Waals surface area contributed by atoms with Crippen LogP contribution in [0.25, 0.3) is 0 Å². The molecular weight excluding hydrogens is 344 g/mol.